The predicted octanol–water partition coefficient (Wildman–Crippen LogP) is -0.0406. The number of hydrogen-bond donors (Lipinski definition) is 8. The average Bonchev–Trinajstić information content (AvgIpc) is 2.40. The molecule has 0 aromatic heterocycles. The Morgan fingerprint density at radius 1 is 0.852 bits per heavy atom. The van der Waals surface area contributed by atoms with Gasteiger partial charge in [-0.15, -0.1) is 0 Å². The van der Waals surface area contributed by atoms with Crippen LogP contribution in [-0.2, 0) is 22.8 Å². The van der Waals surface area contributed by atoms with E-state index in [2.05, 4.69) is 5.32 Å². The summed E-state index contributed by atoms with van der Waals surface area (Å²) in [5, 5.41) is 2.13. The van der Waals surface area contributed by atoms with Gasteiger partial charge in [0.05, 0.1) is 6.61 Å². The van der Waals surface area contributed by atoms with E-state index in [-0.39, 0.29) is 13.2 Å². The van der Waals surface area contributed by atoms with Crippen LogP contribution < -0.4 is 5.32 Å². The van der Waals surface area contributed by atoms with Gasteiger partial charge in [0.2, 0.25) is 5.52 Å². The SMILES string of the molecule is CN(CP(=O)(O)O)P(=O)(O)OCCCCCCNC(P(=O)(O)O)P(=O)(O)O. The van der Waals surface area contributed by atoms with Crippen molar-refractivity contribution >= 4 is 30.5 Å². The van der Waals surface area contributed by atoms with Crippen LogP contribution in [0.3, 0.4) is 0 Å². The molecule has 18 heteroatoms. The van der Waals surface area contributed by atoms with E-state index in [0.717, 1.165) is 7.05 Å². The smallest absolute Gasteiger partial charge is 0.324 e. The molecule has 164 valence electrons. The first-order valence-electron chi connectivity index (χ1n) is 7.54. The van der Waals surface area contributed by atoms with Crippen LogP contribution in [0.4, 0.5) is 0 Å². The fourth-order valence-electron chi connectivity index (χ4n) is 1.87. The summed E-state index contributed by atoms with van der Waals surface area (Å²) >= 11 is 0. The Hall–Kier alpha value is 0.520. The molecule has 0 aromatic carbocycles. The highest BCUT2D eigenvalue weighted by atomic mass is 31.2. The van der Waals surface area contributed by atoms with Crippen LogP contribution >= 0.6 is 30.5 Å². The van der Waals surface area contributed by atoms with Crippen molar-refractivity contribution in [2.24, 2.45) is 0 Å². The summed E-state index contributed by atoms with van der Waals surface area (Å²) in [4.78, 5) is 62.7. The predicted molar refractivity (Wildman–Crippen MR) is 94.8 cm³/mol. The molecule has 0 spiro atoms. The molecule has 0 fully saturated rings. The Labute approximate surface area is 156 Å². The molecule has 8 N–H and O–H groups in total. The second kappa shape index (κ2) is 11.1. The van der Waals surface area contributed by atoms with Crippen LogP contribution in [0.15, 0.2) is 0 Å². The molecule has 0 aromatic rings. The maximum absolute atomic E-state index is 11.7. The lowest BCUT2D eigenvalue weighted by atomic mass is 10.2. The lowest BCUT2D eigenvalue weighted by molar-refractivity contribution is 0.210. The van der Waals surface area contributed by atoms with Gasteiger partial charge in [0.1, 0.15) is 6.29 Å². The number of nitrogens with one attached hydrogen (secondary N) is 1. The molecule has 1 unspecified atom stereocenters. The number of rotatable bonds is 14. The van der Waals surface area contributed by atoms with Crippen molar-refractivity contribution in [3.05, 3.63) is 0 Å². The normalized spacial score (nSPS) is 16.1. The van der Waals surface area contributed by atoms with E-state index in [1.807, 2.05) is 0 Å². The molecule has 0 saturated heterocycles. The Morgan fingerprint density at radius 3 is 1.78 bits per heavy atom. The summed E-state index contributed by atoms with van der Waals surface area (Å²) in [7, 11) is -17.9. The minimum atomic E-state index is -5.02. The molecule has 0 amide bonds. The van der Waals surface area contributed by atoms with E-state index in [0.29, 0.717) is 30.4 Å². The molecule has 14 nitrogen and oxygen atoms in total. The van der Waals surface area contributed by atoms with Gasteiger partial charge in [-0.1, -0.05) is 12.8 Å². The minimum absolute atomic E-state index is 0.0642. The second-order valence-corrected chi connectivity index (χ2v) is 13.0. The quantitative estimate of drug-likeness (QED) is 0.121. The maximum Gasteiger partial charge on any atom is 0.405 e. The van der Waals surface area contributed by atoms with Gasteiger partial charge in [0, 0.05) is 0 Å². The zero-order valence-electron chi connectivity index (χ0n) is 14.4. The Morgan fingerprint density at radius 2 is 1.33 bits per heavy atom. The summed E-state index contributed by atoms with van der Waals surface area (Å²) < 4.78 is 49.9. The van der Waals surface area contributed by atoms with Gasteiger partial charge >= 0.3 is 30.5 Å². The zero-order chi connectivity index (χ0) is 21.5. The van der Waals surface area contributed by atoms with Crippen LogP contribution in [0.25, 0.3) is 0 Å². The van der Waals surface area contributed by atoms with E-state index in [9.17, 15) is 23.2 Å². The van der Waals surface area contributed by atoms with Crippen LogP contribution in [0.1, 0.15) is 25.7 Å². The number of nitrogens with zero attached hydrogens (tertiary/aromatic N) is 1. The van der Waals surface area contributed by atoms with E-state index < -0.39 is 42.3 Å². The van der Waals surface area contributed by atoms with Crippen molar-refractivity contribution in [1.29, 1.82) is 0 Å². The van der Waals surface area contributed by atoms with Crippen molar-refractivity contribution in [1.82, 2.24) is 9.99 Å². The van der Waals surface area contributed by atoms with Crippen molar-refractivity contribution in [3.63, 3.8) is 0 Å². The van der Waals surface area contributed by atoms with Gasteiger partial charge in [-0.2, -0.15) is 4.67 Å². The highest BCUT2D eigenvalue weighted by Gasteiger charge is 2.42. The van der Waals surface area contributed by atoms with Gasteiger partial charge in [0.25, 0.3) is 0 Å². The van der Waals surface area contributed by atoms with Gasteiger partial charge in [-0.3, -0.25) is 23.5 Å². The Balaban J connectivity index is 4.08. The van der Waals surface area contributed by atoms with Gasteiger partial charge in [-0.25, -0.2) is 4.57 Å². The first-order chi connectivity index (χ1) is 12.0. The monoisotopic (exact) mass is 478 g/mol. The highest BCUT2D eigenvalue weighted by Crippen LogP contribution is 2.58. The third-order valence-electron chi connectivity index (χ3n) is 3.12. The molecule has 0 saturated carbocycles. The number of hydrogen-bond acceptors (Lipinski definition) is 6. The van der Waals surface area contributed by atoms with Crippen LogP contribution in [0.5, 0.6) is 0 Å². The Bertz CT molecular complexity index is 619. The number of unbranched alkanes of at least 4 members (excludes halogenated alkanes) is 3. The highest BCUT2D eigenvalue weighted by molar-refractivity contribution is 7.70. The van der Waals surface area contributed by atoms with Crippen LogP contribution in [0, 0.1) is 0 Å². The molecule has 0 aliphatic rings. The average molecular weight is 478 g/mol. The van der Waals surface area contributed by atoms with E-state index in [1.165, 1.54) is 0 Å². The summed E-state index contributed by atoms with van der Waals surface area (Å²) in [6, 6.07) is 0. The minimum Gasteiger partial charge on any atom is -0.324 e. The molecule has 0 bridgehead atoms. The Kier molecular flexibility index (Phi) is 11.3. The maximum atomic E-state index is 11.7. The fraction of sp³-hybridized carbons (Fsp3) is 1.00. The first kappa shape index (κ1) is 27.5. The van der Waals surface area contributed by atoms with E-state index in [1.54, 1.807) is 0 Å². The lowest BCUT2D eigenvalue weighted by Gasteiger charge is -2.22. The van der Waals surface area contributed by atoms with Gasteiger partial charge < -0.3 is 34.3 Å². The molecular formula is C9H26N2O12P4. The van der Waals surface area contributed by atoms with Crippen molar-refractivity contribution < 1.29 is 57.0 Å². The van der Waals surface area contributed by atoms with Crippen molar-refractivity contribution in [3.8, 4) is 0 Å². The van der Waals surface area contributed by atoms with Crippen molar-refractivity contribution in [2.75, 3.05) is 26.5 Å². The molecule has 0 radical (unpaired) electrons. The third-order valence-corrected chi connectivity index (χ3v) is 9.10. The third kappa shape index (κ3) is 12.6. The van der Waals surface area contributed by atoms with Crippen LogP contribution in [-0.4, -0.2) is 70.9 Å². The summed E-state index contributed by atoms with van der Waals surface area (Å²) in [5.74, 6) is 0. The standard InChI is InChI=1S/C9H26N2O12P4/c1-11(8-24(12,13)14)27(21,22)23-7-5-3-2-4-6-10-9(25(15,16)17)26(18,19)20/h9-10H,2-8H2,1H3,(H,21,22)(H2,12,13,14)(H2,15,16,17)(H2,18,19,20). The van der Waals surface area contributed by atoms with Gasteiger partial charge in [0.15, 0.2) is 0 Å². The topological polar surface area (TPSA) is 234 Å². The van der Waals surface area contributed by atoms with Crippen molar-refractivity contribution in [2.45, 2.75) is 31.2 Å². The van der Waals surface area contributed by atoms with E-state index in [4.69, 9.17) is 33.9 Å². The zero-order valence-corrected chi connectivity index (χ0v) is 18.0. The van der Waals surface area contributed by atoms with E-state index >= 15 is 0 Å². The molecule has 0 aliphatic carbocycles. The van der Waals surface area contributed by atoms with Crippen LogP contribution in [0.2, 0.25) is 0 Å². The molecule has 0 aliphatic heterocycles. The molecular weight excluding hydrogens is 452 g/mol. The van der Waals surface area contributed by atoms with Gasteiger partial charge in [-0.05, 0) is 26.4 Å². The molecule has 27 heavy (non-hydrogen) atoms. The molecule has 0 rings (SSSR count). The summed E-state index contributed by atoms with van der Waals surface area (Å²) in [6.45, 7) is -0.231. The largest absolute Gasteiger partial charge is 0.405 e. The summed E-state index contributed by atoms with van der Waals surface area (Å²) in [6.07, 6.45) is 0.646. The molecule has 1 atom stereocenters. The molecule has 0 heterocycles. The second-order valence-electron chi connectivity index (χ2n) is 5.71. The fourth-order valence-corrected chi connectivity index (χ4v) is 6.41. The lowest BCUT2D eigenvalue weighted by Crippen LogP contribution is -2.29. The first-order valence-corrected chi connectivity index (χ1v) is 14.2. The summed E-state index contributed by atoms with van der Waals surface area (Å²) in [5.41, 5.74) is -2.27.